The molecule has 1 heterocycles. The van der Waals surface area contributed by atoms with E-state index in [9.17, 15) is 5.11 Å². The summed E-state index contributed by atoms with van der Waals surface area (Å²) in [4.78, 5) is 3.97. The van der Waals surface area contributed by atoms with Crippen molar-refractivity contribution in [2.45, 2.75) is 0 Å². The Labute approximate surface area is 80.6 Å². The average Bonchev–Trinajstić information content (AvgIpc) is 2.16. The van der Waals surface area contributed by atoms with Crippen LogP contribution >= 0.6 is 0 Å². The Morgan fingerprint density at radius 1 is 1.14 bits per heavy atom. The summed E-state index contributed by atoms with van der Waals surface area (Å²) in [5.74, 6) is 0.0575. The summed E-state index contributed by atoms with van der Waals surface area (Å²) in [6.07, 6.45) is 1.34. The monoisotopic (exact) mass is 189 g/mol. The van der Waals surface area contributed by atoms with E-state index < -0.39 is 7.12 Å². The van der Waals surface area contributed by atoms with Crippen LogP contribution in [-0.4, -0.2) is 27.3 Å². The molecular weight excluding hydrogens is 181 g/mol. The van der Waals surface area contributed by atoms with Crippen LogP contribution in [0.2, 0.25) is 0 Å². The highest BCUT2D eigenvalue weighted by molar-refractivity contribution is 6.58. The summed E-state index contributed by atoms with van der Waals surface area (Å²) in [6.45, 7) is 0. The number of hydrogen-bond donors (Lipinski definition) is 3. The van der Waals surface area contributed by atoms with Gasteiger partial charge in [0.1, 0.15) is 5.75 Å². The first-order chi connectivity index (χ1) is 6.66. The second-order valence-corrected chi connectivity index (χ2v) is 3.02. The average molecular weight is 189 g/mol. The van der Waals surface area contributed by atoms with E-state index in [1.54, 1.807) is 18.2 Å². The topological polar surface area (TPSA) is 73.6 Å². The molecule has 1 aromatic carbocycles. The Morgan fingerprint density at radius 3 is 2.64 bits per heavy atom. The predicted octanol–water partition coefficient (Wildman–Crippen LogP) is -0.380. The van der Waals surface area contributed by atoms with Crippen LogP contribution in [0.4, 0.5) is 0 Å². The van der Waals surface area contributed by atoms with E-state index in [0.29, 0.717) is 16.4 Å². The first-order valence-electron chi connectivity index (χ1n) is 4.11. The third-order valence-electron chi connectivity index (χ3n) is 1.99. The quantitative estimate of drug-likeness (QED) is 0.534. The molecule has 0 spiro atoms. The number of benzene rings is 1. The molecule has 3 N–H and O–H groups in total. The van der Waals surface area contributed by atoms with Gasteiger partial charge in [-0.2, -0.15) is 0 Å². The van der Waals surface area contributed by atoms with Crippen LogP contribution in [-0.2, 0) is 0 Å². The number of aromatic nitrogens is 1. The van der Waals surface area contributed by atoms with Gasteiger partial charge in [0.2, 0.25) is 0 Å². The zero-order valence-electron chi connectivity index (χ0n) is 7.25. The number of aromatic hydroxyl groups is 1. The fourth-order valence-electron chi connectivity index (χ4n) is 1.30. The van der Waals surface area contributed by atoms with E-state index in [1.807, 2.05) is 0 Å². The van der Waals surface area contributed by atoms with Gasteiger partial charge in [-0.15, -0.1) is 0 Å². The second kappa shape index (κ2) is 3.28. The minimum atomic E-state index is -1.50. The van der Waals surface area contributed by atoms with E-state index in [1.165, 1.54) is 12.3 Å². The Bertz CT molecular complexity index is 473. The fraction of sp³-hybridized carbons (Fsp3) is 0. The molecule has 0 amide bonds. The van der Waals surface area contributed by atoms with Gasteiger partial charge in [-0.25, -0.2) is 0 Å². The lowest BCUT2D eigenvalue weighted by molar-refractivity contribution is 0.426. The van der Waals surface area contributed by atoms with Gasteiger partial charge in [-0.05, 0) is 17.6 Å². The van der Waals surface area contributed by atoms with Crippen LogP contribution < -0.4 is 5.46 Å². The highest BCUT2D eigenvalue weighted by Crippen LogP contribution is 2.15. The lowest BCUT2D eigenvalue weighted by Crippen LogP contribution is -2.29. The van der Waals surface area contributed by atoms with Crippen LogP contribution in [0.3, 0.4) is 0 Å². The molecule has 2 aromatic rings. The zero-order valence-corrected chi connectivity index (χ0v) is 7.25. The number of hydrogen-bond acceptors (Lipinski definition) is 4. The fourth-order valence-corrected chi connectivity index (χ4v) is 1.30. The molecule has 0 saturated heterocycles. The predicted molar refractivity (Wildman–Crippen MR) is 53.2 cm³/mol. The van der Waals surface area contributed by atoms with Crippen molar-refractivity contribution in [2.24, 2.45) is 0 Å². The van der Waals surface area contributed by atoms with Crippen molar-refractivity contribution in [3.63, 3.8) is 0 Å². The minimum absolute atomic E-state index is 0.0575. The molecule has 0 unspecified atom stereocenters. The van der Waals surface area contributed by atoms with Gasteiger partial charge in [0.15, 0.2) is 0 Å². The highest BCUT2D eigenvalue weighted by atomic mass is 16.4. The molecule has 4 nitrogen and oxygen atoms in total. The normalized spacial score (nSPS) is 10.4. The van der Waals surface area contributed by atoms with Crippen molar-refractivity contribution < 1.29 is 15.2 Å². The summed E-state index contributed by atoms with van der Waals surface area (Å²) >= 11 is 0. The van der Waals surface area contributed by atoms with Crippen molar-refractivity contribution in [3.8, 4) is 5.75 Å². The molecule has 1 aromatic heterocycles. The van der Waals surface area contributed by atoms with Crippen molar-refractivity contribution in [2.75, 3.05) is 0 Å². The van der Waals surface area contributed by atoms with Crippen molar-refractivity contribution in [1.29, 1.82) is 0 Å². The van der Waals surface area contributed by atoms with Gasteiger partial charge in [0, 0.05) is 5.39 Å². The molecule has 0 atom stereocenters. The van der Waals surface area contributed by atoms with Gasteiger partial charge in [0.05, 0.1) is 11.7 Å². The number of rotatable bonds is 1. The first-order valence-corrected chi connectivity index (χ1v) is 4.11. The molecule has 5 heteroatoms. The van der Waals surface area contributed by atoms with Crippen molar-refractivity contribution >= 4 is 23.5 Å². The summed E-state index contributed by atoms with van der Waals surface area (Å²) < 4.78 is 0. The second-order valence-electron chi connectivity index (χ2n) is 3.02. The van der Waals surface area contributed by atoms with Gasteiger partial charge in [0.25, 0.3) is 0 Å². The van der Waals surface area contributed by atoms with Gasteiger partial charge in [-0.1, -0.05) is 12.1 Å². The largest absolute Gasteiger partial charge is 0.506 e. The smallest absolute Gasteiger partial charge is 0.488 e. The van der Waals surface area contributed by atoms with Crippen LogP contribution in [0.1, 0.15) is 0 Å². The van der Waals surface area contributed by atoms with Crippen LogP contribution in [0.5, 0.6) is 5.75 Å². The zero-order chi connectivity index (χ0) is 10.1. The number of fused-ring (bicyclic) bond motifs is 1. The Balaban J connectivity index is 2.63. The minimum Gasteiger partial charge on any atom is -0.506 e. The molecule has 0 saturated carbocycles. The maximum atomic E-state index is 9.17. The third-order valence-corrected chi connectivity index (χ3v) is 1.99. The molecule has 0 bridgehead atoms. The number of pyridine rings is 1. The lowest BCUT2D eigenvalue weighted by atomic mass is 9.80. The molecule has 0 fully saturated rings. The molecule has 14 heavy (non-hydrogen) atoms. The molecule has 0 aliphatic heterocycles. The molecule has 0 aliphatic carbocycles. The summed E-state index contributed by atoms with van der Waals surface area (Å²) in [5.41, 5.74) is 1.08. The molecule has 70 valence electrons. The van der Waals surface area contributed by atoms with Crippen LogP contribution in [0.15, 0.2) is 30.5 Å². The van der Waals surface area contributed by atoms with E-state index >= 15 is 0 Å². The Hall–Kier alpha value is -1.59. The molecule has 0 radical (unpaired) electrons. The van der Waals surface area contributed by atoms with E-state index in [2.05, 4.69) is 4.98 Å². The third kappa shape index (κ3) is 1.55. The molecule has 2 rings (SSSR count). The van der Waals surface area contributed by atoms with Gasteiger partial charge >= 0.3 is 7.12 Å². The van der Waals surface area contributed by atoms with E-state index in [4.69, 9.17) is 10.0 Å². The Kier molecular flexibility index (Phi) is 2.11. The van der Waals surface area contributed by atoms with Gasteiger partial charge in [-0.3, -0.25) is 4.98 Å². The summed E-state index contributed by atoms with van der Waals surface area (Å²) in [6, 6.07) is 6.35. The highest BCUT2D eigenvalue weighted by Gasteiger charge is 2.10. The standard InChI is InChI=1S/C9H8BNO3/c12-8-4-6-3-7(10(13)14)1-2-9(6)11-5-8/h1-5,12-14H. The summed E-state index contributed by atoms with van der Waals surface area (Å²) in [5, 5.41) is 27.7. The van der Waals surface area contributed by atoms with Crippen molar-refractivity contribution in [3.05, 3.63) is 30.5 Å². The summed E-state index contributed by atoms with van der Waals surface area (Å²) in [7, 11) is -1.50. The van der Waals surface area contributed by atoms with Crippen LogP contribution in [0, 0.1) is 0 Å². The first kappa shape index (κ1) is 8.99. The lowest BCUT2D eigenvalue weighted by Gasteiger charge is -2.01. The Morgan fingerprint density at radius 2 is 1.93 bits per heavy atom. The van der Waals surface area contributed by atoms with E-state index in [-0.39, 0.29) is 5.75 Å². The van der Waals surface area contributed by atoms with Crippen molar-refractivity contribution in [1.82, 2.24) is 4.98 Å². The maximum Gasteiger partial charge on any atom is 0.488 e. The van der Waals surface area contributed by atoms with E-state index in [0.717, 1.165) is 0 Å². The SMILES string of the molecule is OB(O)c1ccc2ncc(O)cc2c1. The van der Waals surface area contributed by atoms with Gasteiger partial charge < -0.3 is 15.2 Å². The molecule has 0 aliphatic rings. The maximum absolute atomic E-state index is 9.17. The molecular formula is C9H8BNO3. The van der Waals surface area contributed by atoms with Crippen LogP contribution in [0.25, 0.3) is 10.9 Å². The number of nitrogens with zero attached hydrogens (tertiary/aromatic N) is 1.